The van der Waals surface area contributed by atoms with Gasteiger partial charge in [0.2, 0.25) is 5.91 Å². The number of aliphatic carboxylic acids is 1. The summed E-state index contributed by atoms with van der Waals surface area (Å²) < 4.78 is 0. The fourth-order valence-corrected chi connectivity index (χ4v) is 2.08. The van der Waals surface area contributed by atoms with Crippen molar-refractivity contribution in [1.82, 2.24) is 15.3 Å². The molecule has 21 heavy (non-hydrogen) atoms. The van der Waals surface area contributed by atoms with Crippen LogP contribution in [0.25, 0.3) is 0 Å². The molecule has 0 saturated carbocycles. The standard InChI is InChI=1S/C14H21N3O4/c1-5-7(2)12(13(19)20)17-11(18)6-10-8(3)15-14(21)16-9(10)4/h7,12H,5-6H2,1-4H3,(H,17,18)(H,19,20)(H,15,16,21). The number of amides is 1. The van der Waals surface area contributed by atoms with E-state index < -0.39 is 23.6 Å². The highest BCUT2D eigenvalue weighted by atomic mass is 16.4. The van der Waals surface area contributed by atoms with Gasteiger partial charge in [0.25, 0.3) is 0 Å². The minimum absolute atomic E-state index is 0.0122. The summed E-state index contributed by atoms with van der Waals surface area (Å²) in [6.07, 6.45) is 0.636. The van der Waals surface area contributed by atoms with Gasteiger partial charge in [-0.1, -0.05) is 20.3 Å². The second kappa shape index (κ2) is 7.01. The first kappa shape index (κ1) is 16.9. The molecule has 0 aliphatic heterocycles. The summed E-state index contributed by atoms with van der Waals surface area (Å²) in [5.41, 5.74) is 1.19. The number of H-pyrrole nitrogens is 1. The van der Waals surface area contributed by atoms with Crippen LogP contribution in [0.4, 0.5) is 0 Å². The van der Waals surface area contributed by atoms with Crippen LogP contribution < -0.4 is 11.0 Å². The van der Waals surface area contributed by atoms with Crippen LogP contribution in [0.2, 0.25) is 0 Å². The summed E-state index contributed by atoms with van der Waals surface area (Å²) in [4.78, 5) is 40.7. The number of aromatic nitrogens is 2. The van der Waals surface area contributed by atoms with Crippen molar-refractivity contribution < 1.29 is 14.7 Å². The average Bonchev–Trinajstić information content (AvgIpc) is 2.39. The van der Waals surface area contributed by atoms with E-state index in [1.165, 1.54) is 0 Å². The zero-order chi connectivity index (χ0) is 16.2. The van der Waals surface area contributed by atoms with Crippen molar-refractivity contribution in [3.05, 3.63) is 27.4 Å². The lowest BCUT2D eigenvalue weighted by molar-refractivity contribution is -0.143. The third kappa shape index (κ3) is 4.40. The van der Waals surface area contributed by atoms with E-state index >= 15 is 0 Å². The Morgan fingerprint density at radius 1 is 1.38 bits per heavy atom. The first-order valence-electron chi connectivity index (χ1n) is 6.84. The van der Waals surface area contributed by atoms with Gasteiger partial charge in [-0.15, -0.1) is 0 Å². The number of carboxylic acids is 1. The molecule has 0 aromatic carbocycles. The van der Waals surface area contributed by atoms with Gasteiger partial charge in [-0.3, -0.25) is 4.79 Å². The maximum Gasteiger partial charge on any atom is 0.345 e. The molecule has 0 radical (unpaired) electrons. The number of carboxylic acid groups (broad SMARTS) is 1. The Kier molecular flexibility index (Phi) is 5.63. The summed E-state index contributed by atoms with van der Waals surface area (Å²) >= 11 is 0. The van der Waals surface area contributed by atoms with Crippen LogP contribution in [-0.2, 0) is 16.0 Å². The molecule has 116 valence electrons. The van der Waals surface area contributed by atoms with Crippen LogP contribution in [0.5, 0.6) is 0 Å². The number of aryl methyl sites for hydroxylation is 2. The Bertz CT molecular complexity index is 568. The third-order valence-corrected chi connectivity index (χ3v) is 3.59. The van der Waals surface area contributed by atoms with E-state index in [2.05, 4.69) is 15.3 Å². The van der Waals surface area contributed by atoms with Gasteiger partial charge in [0.1, 0.15) is 6.04 Å². The zero-order valence-electron chi connectivity index (χ0n) is 12.7. The minimum Gasteiger partial charge on any atom is -0.480 e. The van der Waals surface area contributed by atoms with E-state index in [0.29, 0.717) is 23.4 Å². The van der Waals surface area contributed by atoms with Crippen LogP contribution in [0.1, 0.15) is 37.2 Å². The molecule has 0 saturated heterocycles. The molecule has 1 aromatic rings. The topological polar surface area (TPSA) is 112 Å². The molecule has 7 nitrogen and oxygen atoms in total. The largest absolute Gasteiger partial charge is 0.480 e. The highest BCUT2D eigenvalue weighted by Gasteiger charge is 2.25. The van der Waals surface area contributed by atoms with Gasteiger partial charge < -0.3 is 15.4 Å². The Morgan fingerprint density at radius 2 is 2.00 bits per heavy atom. The third-order valence-electron chi connectivity index (χ3n) is 3.59. The Hall–Kier alpha value is -2.18. The first-order chi connectivity index (χ1) is 9.76. The molecule has 1 aromatic heterocycles. The Morgan fingerprint density at radius 3 is 2.48 bits per heavy atom. The molecule has 0 fully saturated rings. The van der Waals surface area contributed by atoms with Crippen molar-refractivity contribution in [2.45, 2.75) is 46.6 Å². The molecular formula is C14H21N3O4. The van der Waals surface area contributed by atoms with Crippen LogP contribution >= 0.6 is 0 Å². The van der Waals surface area contributed by atoms with Crippen molar-refractivity contribution >= 4 is 11.9 Å². The molecule has 0 aliphatic rings. The lowest BCUT2D eigenvalue weighted by Gasteiger charge is -2.20. The molecule has 0 spiro atoms. The van der Waals surface area contributed by atoms with Crippen molar-refractivity contribution in [3.8, 4) is 0 Å². The van der Waals surface area contributed by atoms with Crippen LogP contribution in [0.15, 0.2) is 4.79 Å². The number of carbonyl (C=O) groups excluding carboxylic acids is 1. The van der Waals surface area contributed by atoms with Gasteiger partial charge in [-0.2, -0.15) is 4.98 Å². The minimum atomic E-state index is -1.05. The highest BCUT2D eigenvalue weighted by Crippen LogP contribution is 2.10. The SMILES string of the molecule is CCC(C)C(NC(=O)Cc1c(C)nc(=O)[nH]c1C)C(=O)O. The van der Waals surface area contributed by atoms with Gasteiger partial charge in [0, 0.05) is 17.0 Å². The van der Waals surface area contributed by atoms with Gasteiger partial charge in [0.05, 0.1) is 6.42 Å². The summed E-state index contributed by atoms with van der Waals surface area (Å²) in [5, 5.41) is 11.7. The second-order valence-electron chi connectivity index (χ2n) is 5.18. The van der Waals surface area contributed by atoms with Crippen molar-refractivity contribution in [3.63, 3.8) is 0 Å². The fraction of sp³-hybridized carbons (Fsp3) is 0.571. The van der Waals surface area contributed by atoms with Crippen LogP contribution in [0.3, 0.4) is 0 Å². The van der Waals surface area contributed by atoms with E-state index in [0.717, 1.165) is 0 Å². The number of hydrogen-bond donors (Lipinski definition) is 3. The number of carbonyl (C=O) groups is 2. The zero-order valence-corrected chi connectivity index (χ0v) is 12.7. The highest BCUT2D eigenvalue weighted by molar-refractivity contribution is 5.85. The van der Waals surface area contributed by atoms with E-state index in [-0.39, 0.29) is 12.3 Å². The molecule has 2 unspecified atom stereocenters. The lowest BCUT2D eigenvalue weighted by Crippen LogP contribution is -2.45. The summed E-state index contributed by atoms with van der Waals surface area (Å²) in [5.74, 6) is -1.61. The van der Waals surface area contributed by atoms with Crippen molar-refractivity contribution in [1.29, 1.82) is 0 Å². The average molecular weight is 295 g/mol. The smallest absolute Gasteiger partial charge is 0.345 e. The summed E-state index contributed by atoms with van der Waals surface area (Å²) in [6.45, 7) is 6.97. The monoisotopic (exact) mass is 295 g/mol. The van der Waals surface area contributed by atoms with E-state index in [4.69, 9.17) is 5.11 Å². The number of aromatic amines is 1. The van der Waals surface area contributed by atoms with Crippen molar-refractivity contribution in [2.75, 3.05) is 0 Å². The second-order valence-corrected chi connectivity index (χ2v) is 5.18. The quantitative estimate of drug-likeness (QED) is 0.709. The van der Waals surface area contributed by atoms with Crippen LogP contribution in [-0.4, -0.2) is 33.0 Å². The number of hydrogen-bond acceptors (Lipinski definition) is 4. The summed E-state index contributed by atoms with van der Waals surface area (Å²) in [6, 6.07) is -0.918. The lowest BCUT2D eigenvalue weighted by atomic mass is 9.98. The molecule has 2 atom stereocenters. The molecule has 3 N–H and O–H groups in total. The number of rotatable bonds is 6. The molecule has 7 heteroatoms. The normalized spacial score (nSPS) is 13.5. The van der Waals surface area contributed by atoms with Gasteiger partial charge >= 0.3 is 11.7 Å². The predicted octanol–water partition coefficient (Wildman–Crippen LogP) is 0.545. The van der Waals surface area contributed by atoms with Crippen LogP contribution in [0, 0.1) is 19.8 Å². The maximum absolute atomic E-state index is 12.0. The molecule has 0 bridgehead atoms. The predicted molar refractivity (Wildman–Crippen MR) is 77.1 cm³/mol. The Balaban J connectivity index is 2.87. The fourth-order valence-electron chi connectivity index (χ4n) is 2.08. The molecule has 0 aliphatic carbocycles. The maximum atomic E-state index is 12.0. The van der Waals surface area contributed by atoms with Gasteiger partial charge in [-0.05, 0) is 19.8 Å². The van der Waals surface area contributed by atoms with E-state index in [1.807, 2.05) is 6.92 Å². The van der Waals surface area contributed by atoms with Gasteiger partial charge in [-0.25, -0.2) is 9.59 Å². The number of nitrogens with zero attached hydrogens (tertiary/aromatic N) is 1. The summed E-state index contributed by atoms with van der Waals surface area (Å²) in [7, 11) is 0. The van der Waals surface area contributed by atoms with E-state index in [1.54, 1.807) is 20.8 Å². The molecular weight excluding hydrogens is 274 g/mol. The first-order valence-corrected chi connectivity index (χ1v) is 6.84. The molecule has 1 rings (SSSR count). The van der Waals surface area contributed by atoms with Gasteiger partial charge in [0.15, 0.2) is 0 Å². The molecule has 1 amide bonds. The molecule has 1 heterocycles. The Labute approximate surface area is 122 Å². The van der Waals surface area contributed by atoms with Crippen molar-refractivity contribution in [2.24, 2.45) is 5.92 Å². The number of nitrogens with one attached hydrogen (secondary N) is 2. The van der Waals surface area contributed by atoms with E-state index in [9.17, 15) is 14.4 Å².